The number of amides is 1. The zero-order valence-electron chi connectivity index (χ0n) is 15.3. The van der Waals surface area contributed by atoms with Crippen molar-refractivity contribution in [2.75, 3.05) is 17.7 Å². The molecule has 0 aliphatic heterocycles. The summed E-state index contributed by atoms with van der Waals surface area (Å²) in [7, 11) is 0. The van der Waals surface area contributed by atoms with Crippen molar-refractivity contribution < 1.29 is 22.7 Å². The summed E-state index contributed by atoms with van der Waals surface area (Å²) in [6, 6.07) is 12.1. The quantitative estimate of drug-likeness (QED) is 0.543. The summed E-state index contributed by atoms with van der Waals surface area (Å²) in [5, 5.41) is 9.40. The Balaban J connectivity index is 1.64. The molecule has 3 rings (SSSR count). The summed E-state index contributed by atoms with van der Waals surface area (Å²) in [5.41, 5.74) is -0.463. The normalized spacial score (nSPS) is 11.3. The number of ether oxygens (including phenoxy) is 1. The number of halogens is 3. The third-order valence-corrected chi connectivity index (χ3v) is 4.59. The van der Waals surface area contributed by atoms with Crippen LogP contribution in [-0.4, -0.2) is 33.4 Å². The van der Waals surface area contributed by atoms with E-state index in [1.54, 1.807) is 6.07 Å². The second-order valence-corrected chi connectivity index (χ2v) is 6.72. The fourth-order valence-corrected chi connectivity index (χ4v) is 3.13. The summed E-state index contributed by atoms with van der Waals surface area (Å²) >= 11 is 1.01. The molecule has 6 nitrogen and oxygen atoms in total. The van der Waals surface area contributed by atoms with Gasteiger partial charge in [-0.05, 0) is 31.2 Å². The Labute approximate surface area is 168 Å². The van der Waals surface area contributed by atoms with Crippen LogP contribution in [0.25, 0.3) is 11.4 Å². The van der Waals surface area contributed by atoms with E-state index in [0.29, 0.717) is 23.3 Å². The third-order valence-electron chi connectivity index (χ3n) is 3.75. The van der Waals surface area contributed by atoms with Crippen molar-refractivity contribution >= 4 is 23.4 Å². The number of hydrogen-bond acceptors (Lipinski definition) is 5. The van der Waals surface area contributed by atoms with Gasteiger partial charge in [-0.3, -0.25) is 9.89 Å². The number of anilines is 1. The first-order valence-electron chi connectivity index (χ1n) is 8.62. The van der Waals surface area contributed by atoms with E-state index in [1.165, 1.54) is 18.2 Å². The van der Waals surface area contributed by atoms with Crippen molar-refractivity contribution in [2.24, 2.45) is 0 Å². The molecule has 0 unspecified atom stereocenters. The lowest BCUT2D eigenvalue weighted by molar-refractivity contribution is -0.137. The lowest BCUT2D eigenvalue weighted by Gasteiger charge is -2.13. The monoisotopic (exact) mass is 422 g/mol. The van der Waals surface area contributed by atoms with E-state index >= 15 is 0 Å². The van der Waals surface area contributed by atoms with Crippen LogP contribution in [0.3, 0.4) is 0 Å². The summed E-state index contributed by atoms with van der Waals surface area (Å²) in [6.45, 7) is 2.36. The molecule has 0 atom stereocenters. The Bertz CT molecular complexity index is 991. The molecule has 0 saturated heterocycles. The van der Waals surface area contributed by atoms with E-state index < -0.39 is 17.6 Å². The van der Waals surface area contributed by atoms with Gasteiger partial charge in [0.25, 0.3) is 0 Å². The number of alkyl halides is 3. The van der Waals surface area contributed by atoms with Gasteiger partial charge < -0.3 is 10.1 Å². The molecule has 0 spiro atoms. The second kappa shape index (κ2) is 8.99. The average Bonchev–Trinajstić information content (AvgIpc) is 3.15. The van der Waals surface area contributed by atoms with Crippen molar-refractivity contribution in [2.45, 2.75) is 18.3 Å². The zero-order chi connectivity index (χ0) is 20.9. The minimum absolute atomic E-state index is 0.142. The highest BCUT2D eigenvalue weighted by molar-refractivity contribution is 7.99. The van der Waals surface area contributed by atoms with E-state index in [1.807, 2.05) is 25.1 Å². The predicted octanol–water partition coefficient (Wildman–Crippen LogP) is 4.62. The van der Waals surface area contributed by atoms with Gasteiger partial charge in [0.05, 0.1) is 29.2 Å². The van der Waals surface area contributed by atoms with E-state index in [9.17, 15) is 18.0 Å². The predicted molar refractivity (Wildman–Crippen MR) is 104 cm³/mol. The Morgan fingerprint density at radius 3 is 2.66 bits per heavy atom. The molecule has 2 N–H and O–H groups in total. The maximum Gasteiger partial charge on any atom is 0.418 e. The van der Waals surface area contributed by atoms with Crippen LogP contribution in [0.2, 0.25) is 0 Å². The number of thioether (sulfide) groups is 1. The third kappa shape index (κ3) is 5.29. The number of carbonyl (C=O) groups excluding carboxylic acids is 1. The molecule has 0 aliphatic rings. The topological polar surface area (TPSA) is 79.9 Å². The van der Waals surface area contributed by atoms with Crippen molar-refractivity contribution in [3.63, 3.8) is 0 Å². The molecule has 0 radical (unpaired) electrons. The number of para-hydroxylation sites is 2. The van der Waals surface area contributed by atoms with E-state index in [4.69, 9.17) is 4.74 Å². The lowest BCUT2D eigenvalue weighted by Crippen LogP contribution is -2.18. The van der Waals surface area contributed by atoms with Crippen molar-refractivity contribution in [1.82, 2.24) is 15.2 Å². The summed E-state index contributed by atoms with van der Waals surface area (Å²) in [6.07, 6.45) is -4.55. The van der Waals surface area contributed by atoms with E-state index in [2.05, 4.69) is 20.5 Å². The van der Waals surface area contributed by atoms with Gasteiger partial charge in [-0.15, -0.1) is 5.10 Å². The molecule has 0 saturated carbocycles. The smallest absolute Gasteiger partial charge is 0.418 e. The number of nitrogens with one attached hydrogen (secondary N) is 2. The molecule has 3 aromatic rings. The maximum absolute atomic E-state index is 13.0. The number of carbonyl (C=O) groups is 1. The van der Waals surface area contributed by atoms with Gasteiger partial charge in [-0.2, -0.15) is 13.2 Å². The number of nitrogens with zero attached hydrogens (tertiary/aromatic N) is 2. The zero-order valence-corrected chi connectivity index (χ0v) is 16.1. The molecule has 10 heteroatoms. The number of hydrogen-bond donors (Lipinski definition) is 2. The number of rotatable bonds is 7. The largest absolute Gasteiger partial charge is 0.493 e. The molecule has 1 heterocycles. The highest BCUT2D eigenvalue weighted by Gasteiger charge is 2.33. The molecule has 2 aromatic carbocycles. The molecule has 1 aromatic heterocycles. The van der Waals surface area contributed by atoms with Gasteiger partial charge in [0, 0.05) is 0 Å². The second-order valence-electron chi connectivity index (χ2n) is 5.78. The standard InChI is InChI=1S/C19H17F3N4O2S/c1-2-28-15-10-6-3-7-12(15)17-24-18(26-25-17)29-11-16(27)23-14-9-5-4-8-13(14)19(20,21)22/h3-10H,2,11H2,1H3,(H,23,27)(H,24,25,26). The summed E-state index contributed by atoms with van der Waals surface area (Å²) < 4.78 is 44.6. The van der Waals surface area contributed by atoms with Crippen LogP contribution in [0, 0.1) is 0 Å². The molecular formula is C19H17F3N4O2S. The minimum atomic E-state index is -4.55. The summed E-state index contributed by atoms with van der Waals surface area (Å²) in [4.78, 5) is 16.4. The molecule has 0 fully saturated rings. The van der Waals surface area contributed by atoms with Gasteiger partial charge in [-0.1, -0.05) is 36.0 Å². The van der Waals surface area contributed by atoms with Crippen LogP contribution in [-0.2, 0) is 11.0 Å². The lowest BCUT2D eigenvalue weighted by atomic mass is 10.1. The van der Waals surface area contributed by atoms with Gasteiger partial charge in [0.2, 0.25) is 11.1 Å². The van der Waals surface area contributed by atoms with E-state index in [0.717, 1.165) is 23.4 Å². The van der Waals surface area contributed by atoms with Crippen LogP contribution < -0.4 is 10.1 Å². The van der Waals surface area contributed by atoms with Crippen LogP contribution in [0.5, 0.6) is 5.75 Å². The summed E-state index contributed by atoms with van der Waals surface area (Å²) in [5.74, 6) is 0.382. The maximum atomic E-state index is 13.0. The Kier molecular flexibility index (Phi) is 6.42. The first-order valence-corrected chi connectivity index (χ1v) is 9.60. The molecule has 152 valence electrons. The SMILES string of the molecule is CCOc1ccccc1-c1nc(SCC(=O)Nc2ccccc2C(F)(F)F)n[nH]1. The van der Waals surface area contributed by atoms with Gasteiger partial charge >= 0.3 is 6.18 Å². The number of aromatic amines is 1. The Hall–Kier alpha value is -3.01. The average molecular weight is 422 g/mol. The number of aromatic nitrogens is 3. The van der Waals surface area contributed by atoms with Crippen LogP contribution in [0.15, 0.2) is 53.7 Å². The number of H-pyrrole nitrogens is 1. The molecule has 29 heavy (non-hydrogen) atoms. The Morgan fingerprint density at radius 2 is 1.90 bits per heavy atom. The van der Waals surface area contributed by atoms with Crippen LogP contribution in [0.4, 0.5) is 18.9 Å². The fraction of sp³-hybridized carbons (Fsp3) is 0.211. The highest BCUT2D eigenvalue weighted by Crippen LogP contribution is 2.34. The Morgan fingerprint density at radius 1 is 1.17 bits per heavy atom. The van der Waals surface area contributed by atoms with Crippen molar-refractivity contribution in [1.29, 1.82) is 0 Å². The van der Waals surface area contributed by atoms with Gasteiger partial charge in [0.15, 0.2) is 5.82 Å². The molecule has 0 bridgehead atoms. The highest BCUT2D eigenvalue weighted by atomic mass is 32.2. The first kappa shape index (κ1) is 20.7. The first-order chi connectivity index (χ1) is 13.9. The van der Waals surface area contributed by atoms with Crippen LogP contribution in [0.1, 0.15) is 12.5 Å². The van der Waals surface area contributed by atoms with Crippen molar-refractivity contribution in [3.8, 4) is 17.1 Å². The molecular weight excluding hydrogens is 405 g/mol. The van der Waals surface area contributed by atoms with E-state index in [-0.39, 0.29) is 11.4 Å². The number of benzene rings is 2. The van der Waals surface area contributed by atoms with Crippen LogP contribution >= 0.6 is 11.8 Å². The fourth-order valence-electron chi connectivity index (χ4n) is 2.53. The minimum Gasteiger partial charge on any atom is -0.493 e. The van der Waals surface area contributed by atoms with Gasteiger partial charge in [0.1, 0.15) is 5.75 Å². The van der Waals surface area contributed by atoms with Crippen molar-refractivity contribution in [3.05, 3.63) is 54.1 Å². The molecule has 0 aliphatic carbocycles. The van der Waals surface area contributed by atoms with Gasteiger partial charge in [-0.25, -0.2) is 4.98 Å². The molecule has 1 amide bonds.